The zero-order valence-electron chi connectivity index (χ0n) is 64.4. The van der Waals surface area contributed by atoms with E-state index in [1.807, 2.05) is 30.3 Å². The highest BCUT2D eigenvalue weighted by atomic mass is 15.0. The van der Waals surface area contributed by atoms with Gasteiger partial charge in [0.15, 0.2) is 34.9 Å². The highest BCUT2D eigenvalue weighted by Crippen LogP contribution is 2.53. The van der Waals surface area contributed by atoms with E-state index in [4.69, 9.17) is 39.9 Å². The number of pyridine rings is 2. The van der Waals surface area contributed by atoms with Gasteiger partial charge >= 0.3 is 0 Å². The standard InChI is InChI=1S/C55H38N4.C53H36N4/c1-55(2)48-26-12-11-25-44(48)46-32-47-45(40-22-13-21-39(29-40)35-15-5-3-6-16-35)33-50(56-51(47)34-49(46)55)41-23-14-24-42(31-41)53-57-52(37-18-7-4-8-19-37)58-54(59-53)43-28-27-36-17-9-10-20-38(36)30-43;1-53(2)46-22-11-10-21-42(46)44-30-45-43(35-15-4-3-5-16-35)31-48(54-49(45)32-47(44)53)38-19-12-20-39(29-38)50-55-51(40-25-23-33-13-6-8-17-36(33)27-40)57-52(56-50)41-26-24-34-14-7-9-18-37(34)28-41/h3-34H,1-2H3;3-32H,1-2H3. The van der Waals surface area contributed by atoms with Crippen LogP contribution in [0, 0.1) is 0 Å². The molecule has 20 aromatic rings. The summed E-state index contributed by atoms with van der Waals surface area (Å²) in [4.78, 5) is 41.5. The van der Waals surface area contributed by atoms with Crippen molar-refractivity contribution in [1.82, 2.24) is 39.9 Å². The molecule has 0 fully saturated rings. The number of nitrogens with zero attached hydrogens (tertiary/aromatic N) is 8. The molecule has 0 unspecified atom stereocenters. The fourth-order valence-electron chi connectivity index (χ4n) is 17.5. The molecule has 16 aromatic carbocycles. The minimum Gasteiger partial charge on any atom is -0.248 e. The largest absolute Gasteiger partial charge is 0.248 e. The number of benzene rings is 16. The van der Waals surface area contributed by atoms with Crippen LogP contribution >= 0.6 is 0 Å². The first-order valence-electron chi connectivity index (χ1n) is 39.6. The van der Waals surface area contributed by atoms with Crippen molar-refractivity contribution < 1.29 is 0 Å². The summed E-state index contributed by atoms with van der Waals surface area (Å²) in [6, 6.07) is 133. The fourth-order valence-corrected chi connectivity index (χ4v) is 17.5. The van der Waals surface area contributed by atoms with E-state index < -0.39 is 0 Å². The summed E-state index contributed by atoms with van der Waals surface area (Å²) in [5, 5.41) is 9.22. The summed E-state index contributed by atoms with van der Waals surface area (Å²) < 4.78 is 0. The second-order valence-corrected chi connectivity index (χ2v) is 31.4. The Balaban J connectivity index is 0.000000145. The average Bonchev–Trinajstić information content (AvgIpc) is 1.56. The van der Waals surface area contributed by atoms with Gasteiger partial charge in [0.1, 0.15) is 0 Å². The van der Waals surface area contributed by atoms with Crippen LogP contribution in [0.5, 0.6) is 0 Å². The topological polar surface area (TPSA) is 103 Å². The fraction of sp³-hybridized carbons (Fsp3) is 0.0556. The van der Waals surface area contributed by atoms with Gasteiger partial charge in [0.25, 0.3) is 0 Å². The molecule has 546 valence electrons. The van der Waals surface area contributed by atoms with Crippen molar-refractivity contribution in [3.8, 4) is 146 Å². The molecule has 0 atom stereocenters. The molecule has 0 radical (unpaired) electrons. The number of fused-ring (bicyclic) bond motifs is 11. The second kappa shape index (κ2) is 28.1. The number of hydrogen-bond donors (Lipinski definition) is 0. The Bertz CT molecular complexity index is 7240. The smallest absolute Gasteiger partial charge is 0.164 e. The van der Waals surface area contributed by atoms with Crippen LogP contribution in [0.4, 0.5) is 0 Å². The third kappa shape index (κ3) is 12.4. The molecule has 0 N–H and O–H groups in total. The Hall–Kier alpha value is -14.9. The first-order chi connectivity index (χ1) is 56.9. The Morgan fingerprint density at radius 3 is 0.888 bits per heavy atom. The van der Waals surface area contributed by atoms with E-state index in [1.54, 1.807) is 0 Å². The van der Waals surface area contributed by atoms with Crippen molar-refractivity contribution in [2.24, 2.45) is 0 Å². The maximum absolute atomic E-state index is 5.46. The first-order valence-corrected chi connectivity index (χ1v) is 39.6. The molecule has 22 rings (SSSR count). The van der Waals surface area contributed by atoms with Crippen LogP contribution in [-0.2, 0) is 10.8 Å². The maximum atomic E-state index is 5.46. The van der Waals surface area contributed by atoms with Crippen molar-refractivity contribution in [1.29, 1.82) is 0 Å². The van der Waals surface area contributed by atoms with Gasteiger partial charge in [0, 0.05) is 66.1 Å². The number of aromatic nitrogens is 8. The van der Waals surface area contributed by atoms with Crippen LogP contribution in [0.1, 0.15) is 49.9 Å². The van der Waals surface area contributed by atoms with Gasteiger partial charge in [-0.2, -0.15) is 0 Å². The SMILES string of the molecule is CC1(C)c2ccccc2-c2cc3c(-c4cccc(-c5ccccc5)c4)cc(-c4cccc(-c5nc(-c6ccccc6)nc(-c6ccc7ccccc7c6)n5)c4)nc3cc21.CC1(C)c2ccccc2-c2cc3c(-c4ccccc4)cc(-c4cccc(-c5nc(-c6ccc7ccccc7c6)nc(-c6ccc7ccccc7c6)n5)c4)nc3cc21. The molecule has 0 spiro atoms. The average molecular weight is 1480 g/mol. The van der Waals surface area contributed by atoms with Crippen LogP contribution in [0.2, 0.25) is 0 Å². The summed E-state index contributed by atoms with van der Waals surface area (Å²) in [5.74, 6) is 3.74. The number of rotatable bonds is 11. The highest BCUT2D eigenvalue weighted by Gasteiger charge is 2.38. The molecular weight excluding hydrogens is 1410 g/mol. The van der Waals surface area contributed by atoms with Gasteiger partial charge in [0.2, 0.25) is 0 Å². The molecule has 8 heteroatoms. The van der Waals surface area contributed by atoms with Gasteiger partial charge in [0.05, 0.1) is 22.4 Å². The number of hydrogen-bond acceptors (Lipinski definition) is 8. The second-order valence-electron chi connectivity index (χ2n) is 31.4. The first kappa shape index (κ1) is 69.1. The summed E-state index contributed by atoms with van der Waals surface area (Å²) in [7, 11) is 0. The molecule has 0 aliphatic heterocycles. The molecule has 2 aliphatic carbocycles. The van der Waals surface area contributed by atoms with Crippen LogP contribution in [-0.4, -0.2) is 39.9 Å². The van der Waals surface area contributed by atoms with Crippen LogP contribution in [0.3, 0.4) is 0 Å². The summed E-state index contributed by atoms with van der Waals surface area (Å²) in [5.41, 5.74) is 28.4. The minimum atomic E-state index is -0.150. The zero-order valence-corrected chi connectivity index (χ0v) is 64.4. The van der Waals surface area contributed by atoms with E-state index in [1.165, 1.54) is 71.8 Å². The third-order valence-corrected chi connectivity index (χ3v) is 23.5. The van der Waals surface area contributed by atoms with Crippen molar-refractivity contribution in [3.05, 3.63) is 398 Å². The predicted octanol–water partition coefficient (Wildman–Crippen LogP) is 27.2. The van der Waals surface area contributed by atoms with E-state index in [2.05, 4.69) is 373 Å². The lowest BCUT2D eigenvalue weighted by atomic mass is 9.82. The van der Waals surface area contributed by atoms with Gasteiger partial charge in [-0.3, -0.25) is 0 Å². The molecule has 0 saturated heterocycles. The normalized spacial score (nSPS) is 12.8. The van der Waals surface area contributed by atoms with Crippen molar-refractivity contribution >= 4 is 54.1 Å². The van der Waals surface area contributed by atoms with Crippen molar-refractivity contribution in [2.75, 3.05) is 0 Å². The summed E-state index contributed by atoms with van der Waals surface area (Å²) >= 11 is 0. The van der Waals surface area contributed by atoms with Gasteiger partial charge in [-0.1, -0.05) is 331 Å². The minimum absolute atomic E-state index is 0.130. The molecule has 4 aromatic heterocycles. The molecule has 2 aliphatic rings. The van der Waals surface area contributed by atoms with Gasteiger partial charge in [-0.15, -0.1) is 0 Å². The molecule has 0 amide bonds. The lowest BCUT2D eigenvalue weighted by Gasteiger charge is -2.22. The zero-order chi connectivity index (χ0) is 77.6. The Morgan fingerprint density at radius 1 is 0.164 bits per heavy atom. The molecule has 0 bridgehead atoms. The Morgan fingerprint density at radius 2 is 0.466 bits per heavy atom. The molecular formula is C108H74N8. The monoisotopic (exact) mass is 1480 g/mol. The third-order valence-electron chi connectivity index (χ3n) is 23.5. The Kier molecular flexibility index (Phi) is 16.7. The highest BCUT2D eigenvalue weighted by molar-refractivity contribution is 6.04. The van der Waals surface area contributed by atoms with Gasteiger partial charge in [-0.25, -0.2) is 39.9 Å². The Labute approximate surface area is 673 Å². The van der Waals surface area contributed by atoms with Crippen LogP contribution < -0.4 is 0 Å². The van der Waals surface area contributed by atoms with E-state index in [0.717, 1.165) is 116 Å². The van der Waals surface area contributed by atoms with Crippen molar-refractivity contribution in [3.63, 3.8) is 0 Å². The van der Waals surface area contributed by atoms with E-state index in [9.17, 15) is 0 Å². The van der Waals surface area contributed by atoms with Crippen LogP contribution in [0.15, 0.2) is 376 Å². The van der Waals surface area contributed by atoms with Gasteiger partial charge < -0.3 is 0 Å². The maximum Gasteiger partial charge on any atom is 0.164 e. The summed E-state index contributed by atoms with van der Waals surface area (Å²) in [6.07, 6.45) is 0. The molecule has 0 saturated carbocycles. The van der Waals surface area contributed by atoms with E-state index >= 15 is 0 Å². The molecule has 116 heavy (non-hydrogen) atoms. The molecule has 8 nitrogen and oxygen atoms in total. The predicted molar refractivity (Wildman–Crippen MR) is 478 cm³/mol. The van der Waals surface area contributed by atoms with Crippen molar-refractivity contribution in [2.45, 2.75) is 38.5 Å². The van der Waals surface area contributed by atoms with Crippen LogP contribution in [0.25, 0.3) is 201 Å². The van der Waals surface area contributed by atoms with Gasteiger partial charge in [-0.05, 0) is 183 Å². The van der Waals surface area contributed by atoms with E-state index in [0.29, 0.717) is 34.9 Å². The quantitative estimate of drug-likeness (QED) is 0.126. The summed E-state index contributed by atoms with van der Waals surface area (Å²) in [6.45, 7) is 9.29. The van der Waals surface area contributed by atoms with E-state index in [-0.39, 0.29) is 10.8 Å². The molecule has 4 heterocycles. The lowest BCUT2D eigenvalue weighted by molar-refractivity contribution is 0.661. The lowest BCUT2D eigenvalue weighted by Crippen LogP contribution is -2.14.